The summed E-state index contributed by atoms with van der Waals surface area (Å²) in [6.45, 7) is 2.03. The number of aryl methyl sites for hydroxylation is 1. The van der Waals surface area contributed by atoms with Crippen LogP contribution in [0.1, 0.15) is 11.1 Å². The van der Waals surface area contributed by atoms with Gasteiger partial charge >= 0.3 is 0 Å². The topological polar surface area (TPSA) is 32.3 Å². The molecule has 1 amide bonds. The van der Waals surface area contributed by atoms with E-state index in [9.17, 15) is 4.79 Å². The van der Waals surface area contributed by atoms with Crippen molar-refractivity contribution >= 4 is 11.6 Å². The van der Waals surface area contributed by atoms with Crippen LogP contribution in [0.25, 0.3) is 0 Å². The molecule has 98 valence electrons. The van der Waals surface area contributed by atoms with Crippen LogP contribution in [0.5, 0.6) is 0 Å². The van der Waals surface area contributed by atoms with Crippen LogP contribution in [0.15, 0.2) is 54.6 Å². The lowest BCUT2D eigenvalue weighted by molar-refractivity contribution is -0.120. The number of hydrogen-bond donors (Lipinski definition) is 1. The van der Waals surface area contributed by atoms with Crippen LogP contribution in [0.3, 0.4) is 0 Å². The van der Waals surface area contributed by atoms with Crippen molar-refractivity contribution in [2.24, 2.45) is 0 Å². The first-order chi connectivity index (χ1) is 9.15. The van der Waals surface area contributed by atoms with Crippen LogP contribution < -0.4 is 10.4 Å². The van der Waals surface area contributed by atoms with Gasteiger partial charge in [-0.2, -0.15) is 0 Å². The second-order valence-corrected chi connectivity index (χ2v) is 4.60. The van der Waals surface area contributed by atoms with Gasteiger partial charge < -0.3 is 0 Å². The van der Waals surface area contributed by atoms with E-state index < -0.39 is 0 Å². The Morgan fingerprint density at radius 2 is 1.84 bits per heavy atom. The zero-order valence-corrected chi connectivity index (χ0v) is 11.3. The molecule has 0 bridgehead atoms. The largest absolute Gasteiger partial charge is 0.289 e. The summed E-state index contributed by atoms with van der Waals surface area (Å²) in [6, 6.07) is 17.7. The number of amides is 1. The second-order valence-electron chi connectivity index (χ2n) is 4.60. The Labute approximate surface area is 113 Å². The van der Waals surface area contributed by atoms with Crippen molar-refractivity contribution < 1.29 is 4.79 Å². The highest BCUT2D eigenvalue weighted by molar-refractivity contribution is 5.80. The molecule has 0 aliphatic rings. The van der Waals surface area contributed by atoms with Crippen LogP contribution in [-0.2, 0) is 11.2 Å². The third-order valence-electron chi connectivity index (χ3n) is 2.89. The van der Waals surface area contributed by atoms with E-state index >= 15 is 0 Å². The van der Waals surface area contributed by atoms with E-state index in [1.165, 1.54) is 5.56 Å². The minimum absolute atomic E-state index is 0.0183. The highest BCUT2D eigenvalue weighted by Gasteiger charge is 2.06. The van der Waals surface area contributed by atoms with Crippen molar-refractivity contribution in [3.05, 3.63) is 65.7 Å². The summed E-state index contributed by atoms with van der Waals surface area (Å²) in [4.78, 5) is 11.9. The average Bonchev–Trinajstić information content (AvgIpc) is 2.39. The Morgan fingerprint density at radius 3 is 2.53 bits per heavy atom. The number of carbonyl (C=O) groups excluding carboxylic acids is 1. The zero-order valence-electron chi connectivity index (χ0n) is 11.3. The van der Waals surface area contributed by atoms with Crippen molar-refractivity contribution in [2.45, 2.75) is 13.3 Å². The summed E-state index contributed by atoms with van der Waals surface area (Å²) in [5.41, 5.74) is 6.02. The lowest BCUT2D eigenvalue weighted by atomic mass is 10.1. The first-order valence-electron chi connectivity index (χ1n) is 6.29. The third kappa shape index (κ3) is 3.85. The highest BCUT2D eigenvalue weighted by Crippen LogP contribution is 2.12. The van der Waals surface area contributed by atoms with Gasteiger partial charge in [-0.05, 0) is 30.2 Å². The molecule has 0 saturated carbocycles. The quantitative estimate of drug-likeness (QED) is 0.851. The van der Waals surface area contributed by atoms with E-state index in [0.717, 1.165) is 11.3 Å². The number of carbonyl (C=O) groups is 1. The fraction of sp³-hybridized carbons (Fsp3) is 0.188. The number of rotatable bonds is 4. The number of nitrogens with one attached hydrogen (secondary N) is 1. The van der Waals surface area contributed by atoms with E-state index in [-0.39, 0.29) is 5.91 Å². The number of nitrogens with zero attached hydrogens (tertiary/aromatic N) is 1. The van der Waals surface area contributed by atoms with Gasteiger partial charge in [0.1, 0.15) is 0 Å². The first kappa shape index (κ1) is 13.1. The predicted octanol–water partition coefficient (Wildman–Crippen LogP) is 2.71. The molecule has 0 saturated heterocycles. The molecule has 0 aliphatic heterocycles. The number of anilines is 1. The summed E-state index contributed by atoms with van der Waals surface area (Å²) in [5, 5.41) is 1.75. The molecule has 0 fully saturated rings. The Morgan fingerprint density at radius 1 is 1.11 bits per heavy atom. The van der Waals surface area contributed by atoms with Crippen molar-refractivity contribution in [2.75, 3.05) is 12.1 Å². The van der Waals surface area contributed by atoms with Gasteiger partial charge in [0.25, 0.3) is 0 Å². The van der Waals surface area contributed by atoms with Gasteiger partial charge in [-0.15, -0.1) is 0 Å². The molecule has 0 spiro atoms. The Kier molecular flexibility index (Phi) is 4.18. The van der Waals surface area contributed by atoms with Gasteiger partial charge in [0, 0.05) is 7.05 Å². The van der Waals surface area contributed by atoms with Gasteiger partial charge in [-0.1, -0.05) is 42.5 Å². The molecule has 0 radical (unpaired) electrons. The van der Waals surface area contributed by atoms with E-state index in [1.807, 2.05) is 68.6 Å². The SMILES string of the molecule is Cc1cccc(N(C)NC(=O)Cc2ccccc2)c1. The van der Waals surface area contributed by atoms with Gasteiger partial charge in [-0.3, -0.25) is 15.2 Å². The van der Waals surface area contributed by atoms with Gasteiger partial charge in [0.15, 0.2) is 0 Å². The molecular weight excluding hydrogens is 236 g/mol. The molecule has 0 unspecified atom stereocenters. The number of benzene rings is 2. The minimum Gasteiger partial charge on any atom is -0.289 e. The van der Waals surface area contributed by atoms with Crippen LogP contribution in [0.4, 0.5) is 5.69 Å². The summed E-state index contributed by atoms with van der Waals surface area (Å²) < 4.78 is 0. The fourth-order valence-electron chi connectivity index (χ4n) is 1.91. The van der Waals surface area contributed by atoms with E-state index in [4.69, 9.17) is 0 Å². The molecule has 2 rings (SSSR count). The Hall–Kier alpha value is -2.29. The molecule has 3 heteroatoms. The molecule has 1 N–H and O–H groups in total. The molecule has 19 heavy (non-hydrogen) atoms. The maximum Gasteiger partial charge on any atom is 0.242 e. The van der Waals surface area contributed by atoms with Crippen LogP contribution in [0.2, 0.25) is 0 Å². The molecule has 0 heterocycles. The van der Waals surface area contributed by atoms with Crippen LogP contribution in [0, 0.1) is 6.92 Å². The molecule has 2 aromatic rings. The number of hydrazine groups is 1. The molecular formula is C16H18N2O. The van der Waals surface area contributed by atoms with Gasteiger partial charge in [0.05, 0.1) is 12.1 Å². The zero-order chi connectivity index (χ0) is 13.7. The first-order valence-corrected chi connectivity index (χ1v) is 6.29. The smallest absolute Gasteiger partial charge is 0.242 e. The van der Waals surface area contributed by atoms with Crippen molar-refractivity contribution in [1.82, 2.24) is 5.43 Å². The predicted molar refractivity (Wildman–Crippen MR) is 77.9 cm³/mol. The molecule has 3 nitrogen and oxygen atoms in total. The summed E-state index contributed by atoms with van der Waals surface area (Å²) in [7, 11) is 1.84. The van der Waals surface area contributed by atoms with Gasteiger partial charge in [0.2, 0.25) is 5.91 Å². The molecule has 0 aliphatic carbocycles. The van der Waals surface area contributed by atoms with Crippen LogP contribution in [-0.4, -0.2) is 13.0 Å². The Balaban J connectivity index is 1.95. The second kappa shape index (κ2) is 6.05. The normalized spacial score (nSPS) is 10.0. The lowest BCUT2D eigenvalue weighted by Gasteiger charge is -2.20. The summed E-state index contributed by atoms with van der Waals surface area (Å²) in [5.74, 6) is -0.0183. The van der Waals surface area contributed by atoms with Crippen LogP contribution >= 0.6 is 0 Å². The maximum absolute atomic E-state index is 11.9. The maximum atomic E-state index is 11.9. The molecule has 0 aromatic heterocycles. The fourth-order valence-corrected chi connectivity index (χ4v) is 1.91. The summed E-state index contributed by atoms with van der Waals surface area (Å²) in [6.07, 6.45) is 0.386. The minimum atomic E-state index is -0.0183. The third-order valence-corrected chi connectivity index (χ3v) is 2.89. The van der Waals surface area contributed by atoms with Gasteiger partial charge in [-0.25, -0.2) is 0 Å². The highest BCUT2D eigenvalue weighted by atomic mass is 16.2. The lowest BCUT2D eigenvalue weighted by Crippen LogP contribution is -2.40. The van der Waals surface area contributed by atoms with E-state index in [0.29, 0.717) is 6.42 Å². The van der Waals surface area contributed by atoms with Crippen molar-refractivity contribution in [3.63, 3.8) is 0 Å². The standard InChI is InChI=1S/C16H18N2O/c1-13-7-6-10-15(11-13)18(2)17-16(19)12-14-8-4-3-5-9-14/h3-11H,12H2,1-2H3,(H,17,19). The van der Waals surface area contributed by atoms with Crippen molar-refractivity contribution in [1.29, 1.82) is 0 Å². The van der Waals surface area contributed by atoms with E-state index in [2.05, 4.69) is 5.43 Å². The Bertz CT molecular complexity index is 552. The average molecular weight is 254 g/mol. The monoisotopic (exact) mass is 254 g/mol. The summed E-state index contributed by atoms with van der Waals surface area (Å²) >= 11 is 0. The van der Waals surface area contributed by atoms with Crippen molar-refractivity contribution in [3.8, 4) is 0 Å². The van der Waals surface area contributed by atoms with E-state index in [1.54, 1.807) is 5.01 Å². The molecule has 2 aromatic carbocycles. The number of hydrogen-bond acceptors (Lipinski definition) is 2. The molecule has 0 atom stereocenters.